The van der Waals surface area contributed by atoms with Crippen molar-refractivity contribution < 1.29 is 9.59 Å². The van der Waals surface area contributed by atoms with Crippen molar-refractivity contribution in [2.75, 3.05) is 19.4 Å². The fourth-order valence-corrected chi connectivity index (χ4v) is 2.75. The maximum atomic E-state index is 11.9. The molecule has 0 aliphatic heterocycles. The Hall–Kier alpha value is -1.69. The van der Waals surface area contributed by atoms with Crippen LogP contribution in [0.5, 0.6) is 0 Å². The zero-order valence-corrected chi connectivity index (χ0v) is 14.9. The third-order valence-electron chi connectivity index (χ3n) is 2.70. The number of urea groups is 1. The number of thioether (sulfide) groups is 1. The molecule has 0 fully saturated rings. The fourth-order valence-electron chi connectivity index (χ4n) is 1.77. The summed E-state index contributed by atoms with van der Waals surface area (Å²) >= 11 is 1.77. The summed E-state index contributed by atoms with van der Waals surface area (Å²) in [6, 6.07) is 6.70. The van der Waals surface area contributed by atoms with Gasteiger partial charge in [0.25, 0.3) is 0 Å². The van der Waals surface area contributed by atoms with Crippen LogP contribution in [0.3, 0.4) is 0 Å². The van der Waals surface area contributed by atoms with Crippen molar-refractivity contribution in [3.63, 3.8) is 0 Å². The van der Waals surface area contributed by atoms with Gasteiger partial charge in [-0.3, -0.25) is 4.79 Å². The van der Waals surface area contributed by atoms with Gasteiger partial charge in [-0.2, -0.15) is 0 Å². The molecule has 1 atom stereocenters. The minimum atomic E-state index is -0.564. The molecule has 6 heteroatoms. The van der Waals surface area contributed by atoms with Crippen LogP contribution in [0, 0.1) is 0 Å². The third kappa shape index (κ3) is 6.39. The van der Waals surface area contributed by atoms with Crippen LogP contribution >= 0.6 is 11.8 Å². The van der Waals surface area contributed by atoms with Crippen molar-refractivity contribution in [1.82, 2.24) is 10.2 Å². The zero-order chi connectivity index (χ0) is 16.9. The molecule has 1 aromatic carbocycles. The molecule has 0 saturated carbocycles. The number of likely N-dealkylation sites (N-methyl/N-ethyl adjacent to an activating group) is 1. The van der Waals surface area contributed by atoms with Gasteiger partial charge < -0.3 is 15.5 Å². The minimum Gasteiger partial charge on any atom is -0.347 e. The van der Waals surface area contributed by atoms with Crippen LogP contribution in [0.1, 0.15) is 27.7 Å². The van der Waals surface area contributed by atoms with Crippen molar-refractivity contribution in [3.05, 3.63) is 24.3 Å². The van der Waals surface area contributed by atoms with Gasteiger partial charge in [-0.05, 0) is 31.2 Å². The van der Waals surface area contributed by atoms with E-state index in [0.29, 0.717) is 5.69 Å². The molecule has 0 radical (unpaired) electrons. The van der Waals surface area contributed by atoms with E-state index in [1.165, 1.54) is 4.90 Å². The summed E-state index contributed by atoms with van der Waals surface area (Å²) in [6.45, 7) is 8.12. The van der Waals surface area contributed by atoms with Gasteiger partial charge >= 0.3 is 6.03 Å². The first-order chi connectivity index (χ1) is 10.1. The Morgan fingerprint density at radius 3 is 2.14 bits per heavy atom. The van der Waals surface area contributed by atoms with Crippen LogP contribution in [0.2, 0.25) is 0 Å². The largest absolute Gasteiger partial charge is 0.347 e. The number of carbonyl (C=O) groups is 2. The van der Waals surface area contributed by atoms with Gasteiger partial charge in [0, 0.05) is 29.4 Å². The van der Waals surface area contributed by atoms with Crippen LogP contribution in [-0.4, -0.2) is 41.7 Å². The monoisotopic (exact) mass is 323 g/mol. The summed E-state index contributed by atoms with van der Waals surface area (Å²) in [7, 11) is 3.31. The summed E-state index contributed by atoms with van der Waals surface area (Å²) in [6.07, 6.45) is 0. The van der Waals surface area contributed by atoms with Crippen LogP contribution in [0.4, 0.5) is 10.5 Å². The molecule has 0 bridgehead atoms. The summed E-state index contributed by atoms with van der Waals surface area (Å²) in [5.41, 5.74) is 0.695. The molecule has 1 rings (SSSR count). The average molecular weight is 323 g/mol. The standard InChI is InChI=1S/C16H25N3O2S/c1-11(14(20)19(5)6)17-15(21)18-12-7-9-13(10-8-12)22-16(2,3)4/h7-11H,1-6H3,(H2,17,18,21)/t11-/m0/s1. The van der Waals surface area contributed by atoms with E-state index < -0.39 is 6.04 Å². The number of hydrogen-bond donors (Lipinski definition) is 2. The second-order valence-corrected chi connectivity index (χ2v) is 8.19. The van der Waals surface area contributed by atoms with Crippen LogP contribution in [0.25, 0.3) is 0 Å². The van der Waals surface area contributed by atoms with E-state index in [9.17, 15) is 9.59 Å². The molecule has 0 aliphatic carbocycles. The summed E-state index contributed by atoms with van der Waals surface area (Å²) in [5.74, 6) is -0.146. The number of carbonyl (C=O) groups excluding carboxylic acids is 2. The minimum absolute atomic E-state index is 0.146. The van der Waals surface area contributed by atoms with Crippen LogP contribution < -0.4 is 10.6 Å². The zero-order valence-electron chi connectivity index (χ0n) is 14.1. The first kappa shape index (κ1) is 18.4. The molecular weight excluding hydrogens is 298 g/mol. The number of nitrogens with one attached hydrogen (secondary N) is 2. The van der Waals surface area contributed by atoms with Crippen LogP contribution in [-0.2, 0) is 4.79 Å². The third-order valence-corrected chi connectivity index (χ3v) is 3.82. The Morgan fingerprint density at radius 1 is 1.14 bits per heavy atom. The van der Waals surface area contributed by atoms with E-state index in [0.717, 1.165) is 4.90 Å². The maximum absolute atomic E-state index is 11.9. The van der Waals surface area contributed by atoms with Gasteiger partial charge in [0.2, 0.25) is 5.91 Å². The average Bonchev–Trinajstić information content (AvgIpc) is 2.38. The van der Waals surface area contributed by atoms with E-state index in [4.69, 9.17) is 0 Å². The maximum Gasteiger partial charge on any atom is 0.319 e. The second-order valence-electron chi connectivity index (χ2n) is 6.29. The quantitative estimate of drug-likeness (QED) is 0.837. The Labute approximate surface area is 136 Å². The molecule has 5 nitrogen and oxygen atoms in total. The topological polar surface area (TPSA) is 61.4 Å². The highest BCUT2D eigenvalue weighted by atomic mass is 32.2. The summed E-state index contributed by atoms with van der Waals surface area (Å²) < 4.78 is 0.147. The SMILES string of the molecule is C[C@H](NC(=O)Nc1ccc(SC(C)(C)C)cc1)C(=O)N(C)C. The lowest BCUT2D eigenvalue weighted by atomic mass is 10.3. The van der Waals surface area contributed by atoms with Gasteiger partial charge in [0.15, 0.2) is 0 Å². The van der Waals surface area contributed by atoms with Crippen molar-refractivity contribution in [2.24, 2.45) is 0 Å². The van der Waals surface area contributed by atoms with E-state index in [2.05, 4.69) is 31.4 Å². The Morgan fingerprint density at radius 2 is 1.68 bits per heavy atom. The normalized spacial score (nSPS) is 12.5. The fraction of sp³-hybridized carbons (Fsp3) is 0.500. The molecular formula is C16H25N3O2S. The summed E-state index contributed by atoms with van der Waals surface area (Å²) in [5, 5.41) is 5.34. The van der Waals surface area contributed by atoms with E-state index in [-0.39, 0.29) is 16.7 Å². The van der Waals surface area contributed by atoms with Crippen molar-refractivity contribution in [2.45, 2.75) is 43.4 Å². The van der Waals surface area contributed by atoms with Gasteiger partial charge in [-0.25, -0.2) is 4.79 Å². The summed E-state index contributed by atoms with van der Waals surface area (Å²) in [4.78, 5) is 26.2. The first-order valence-electron chi connectivity index (χ1n) is 7.16. The number of hydrogen-bond acceptors (Lipinski definition) is 3. The molecule has 122 valence electrons. The Kier molecular flexibility index (Phi) is 6.29. The van der Waals surface area contributed by atoms with Gasteiger partial charge in [0.1, 0.15) is 6.04 Å². The number of rotatable bonds is 4. The molecule has 2 N–H and O–H groups in total. The lowest BCUT2D eigenvalue weighted by molar-refractivity contribution is -0.130. The van der Waals surface area contributed by atoms with Crippen molar-refractivity contribution in [3.8, 4) is 0 Å². The Bertz CT molecular complexity index is 521. The van der Waals surface area contributed by atoms with E-state index in [1.807, 2.05) is 24.3 Å². The van der Waals surface area contributed by atoms with Crippen molar-refractivity contribution >= 4 is 29.4 Å². The predicted molar refractivity (Wildman–Crippen MR) is 92.4 cm³/mol. The van der Waals surface area contributed by atoms with E-state index in [1.54, 1.807) is 32.8 Å². The van der Waals surface area contributed by atoms with Crippen LogP contribution in [0.15, 0.2) is 29.2 Å². The highest BCUT2D eigenvalue weighted by Crippen LogP contribution is 2.32. The highest BCUT2D eigenvalue weighted by Gasteiger charge is 2.17. The number of anilines is 1. The lowest BCUT2D eigenvalue weighted by Gasteiger charge is -2.19. The predicted octanol–water partition coefficient (Wildman–Crippen LogP) is 3.18. The molecule has 1 aromatic rings. The van der Waals surface area contributed by atoms with Gasteiger partial charge in [0.05, 0.1) is 0 Å². The molecule has 0 heterocycles. The first-order valence-corrected chi connectivity index (χ1v) is 7.98. The molecule has 0 aromatic heterocycles. The smallest absolute Gasteiger partial charge is 0.319 e. The van der Waals surface area contributed by atoms with E-state index >= 15 is 0 Å². The second kappa shape index (κ2) is 7.54. The van der Waals surface area contributed by atoms with Gasteiger partial charge in [-0.1, -0.05) is 20.8 Å². The number of nitrogens with zero attached hydrogens (tertiary/aromatic N) is 1. The molecule has 0 spiro atoms. The molecule has 0 unspecified atom stereocenters. The number of amides is 3. The molecule has 0 aliphatic rings. The lowest BCUT2D eigenvalue weighted by Crippen LogP contribution is -2.45. The van der Waals surface area contributed by atoms with Gasteiger partial charge in [-0.15, -0.1) is 11.8 Å². The molecule has 3 amide bonds. The molecule has 0 saturated heterocycles. The molecule has 22 heavy (non-hydrogen) atoms. The van der Waals surface area contributed by atoms with Crippen molar-refractivity contribution in [1.29, 1.82) is 0 Å². The number of benzene rings is 1. The highest BCUT2D eigenvalue weighted by molar-refractivity contribution is 8.00. The Balaban J connectivity index is 2.57.